The summed E-state index contributed by atoms with van der Waals surface area (Å²) in [6.45, 7) is 17.5. The number of fused-ring (bicyclic) bond motifs is 2. The highest BCUT2D eigenvalue weighted by atomic mass is 32.2. The molecule has 2 fully saturated rings. The molecule has 0 aromatic carbocycles. The van der Waals surface area contributed by atoms with Crippen molar-refractivity contribution in [3.8, 4) is 0 Å². The van der Waals surface area contributed by atoms with Crippen LogP contribution in [0.4, 0.5) is 10.6 Å². The number of carbonyl (C=O) groups excluding carboxylic acids is 1. The topological polar surface area (TPSA) is 119 Å². The molecule has 0 saturated carbocycles. The Morgan fingerprint density at radius 3 is 2.66 bits per heavy atom. The van der Waals surface area contributed by atoms with Crippen LogP contribution in [0.5, 0.6) is 0 Å². The molecule has 4 heterocycles. The lowest BCUT2D eigenvalue weighted by atomic mass is 9.75. The predicted molar refractivity (Wildman–Crippen MR) is 150 cm³/mol. The monoisotopic (exact) mass is 566 g/mol. The van der Waals surface area contributed by atoms with E-state index in [0.717, 1.165) is 42.5 Å². The Labute approximate surface area is 227 Å². The molecule has 13 heteroatoms. The molecule has 4 rings (SSSR count). The van der Waals surface area contributed by atoms with E-state index in [-0.39, 0.29) is 11.3 Å². The van der Waals surface area contributed by atoms with Gasteiger partial charge < -0.3 is 18.9 Å². The lowest BCUT2D eigenvalue weighted by molar-refractivity contribution is 0.0567. The Bertz CT molecular complexity index is 1270. The van der Waals surface area contributed by atoms with Crippen molar-refractivity contribution >= 4 is 41.2 Å². The molecule has 2 aromatic rings. The van der Waals surface area contributed by atoms with Gasteiger partial charge in [-0.05, 0) is 45.2 Å². The normalized spacial score (nSPS) is 23.0. The molecular formula is C25H42N6O5SSi. The van der Waals surface area contributed by atoms with E-state index < -0.39 is 30.0 Å². The first-order valence-corrected chi connectivity index (χ1v) is 18.3. The van der Waals surface area contributed by atoms with Gasteiger partial charge in [-0.2, -0.15) is 12.7 Å². The molecular weight excluding hydrogens is 524 g/mol. The van der Waals surface area contributed by atoms with Crippen molar-refractivity contribution in [2.24, 2.45) is 11.3 Å². The largest absolute Gasteiger partial charge is 0.443 e. The average Bonchev–Trinajstić information content (AvgIpc) is 3.34. The summed E-state index contributed by atoms with van der Waals surface area (Å²) in [6.07, 6.45) is 3.43. The molecule has 1 amide bonds. The Balaban J connectivity index is 1.44. The average molecular weight is 567 g/mol. The fourth-order valence-electron chi connectivity index (χ4n) is 5.23. The Morgan fingerprint density at radius 1 is 1.24 bits per heavy atom. The summed E-state index contributed by atoms with van der Waals surface area (Å²) in [5.74, 6) is 1.03. The highest BCUT2D eigenvalue weighted by molar-refractivity contribution is 7.87. The Hall–Kier alpha value is -2.22. The molecule has 11 nitrogen and oxygen atoms in total. The number of hydrogen-bond acceptors (Lipinski definition) is 8. The van der Waals surface area contributed by atoms with Crippen LogP contribution in [0.3, 0.4) is 0 Å². The molecule has 2 saturated heterocycles. The van der Waals surface area contributed by atoms with Crippen molar-refractivity contribution in [2.75, 3.05) is 37.7 Å². The number of nitrogens with one attached hydrogen (secondary N) is 1. The van der Waals surface area contributed by atoms with Crippen molar-refractivity contribution in [3.05, 3.63) is 18.6 Å². The summed E-state index contributed by atoms with van der Waals surface area (Å²) in [5.41, 5.74) is -0.249. The fraction of sp³-hybridized carbons (Fsp3) is 0.720. The van der Waals surface area contributed by atoms with Crippen LogP contribution in [0.25, 0.3) is 11.0 Å². The smallest absolute Gasteiger partial charge is 0.422 e. The lowest BCUT2D eigenvalue weighted by Crippen LogP contribution is -2.48. The first kappa shape index (κ1) is 28.8. The molecule has 2 aliphatic heterocycles. The van der Waals surface area contributed by atoms with Gasteiger partial charge in [0.25, 0.3) is 0 Å². The van der Waals surface area contributed by atoms with Crippen molar-refractivity contribution in [2.45, 2.75) is 72.1 Å². The second-order valence-corrected chi connectivity index (χ2v) is 20.3. The van der Waals surface area contributed by atoms with E-state index in [4.69, 9.17) is 9.47 Å². The molecule has 2 unspecified atom stereocenters. The van der Waals surface area contributed by atoms with E-state index >= 15 is 0 Å². The summed E-state index contributed by atoms with van der Waals surface area (Å²) >= 11 is 0. The highest BCUT2D eigenvalue weighted by Crippen LogP contribution is 2.44. The molecule has 2 atom stereocenters. The number of amides is 1. The van der Waals surface area contributed by atoms with Crippen LogP contribution in [0.2, 0.25) is 25.7 Å². The number of aromatic nitrogens is 3. The summed E-state index contributed by atoms with van der Waals surface area (Å²) < 4.78 is 42.5. The number of hydrogen-bond donors (Lipinski definition) is 1. The molecule has 1 N–H and O–H groups in total. The second kappa shape index (κ2) is 10.4. The van der Waals surface area contributed by atoms with Gasteiger partial charge in [-0.25, -0.2) is 19.5 Å². The van der Waals surface area contributed by atoms with E-state index in [2.05, 4.69) is 46.2 Å². The Kier molecular flexibility index (Phi) is 7.87. The molecule has 0 radical (unpaired) electrons. The minimum atomic E-state index is -4.01. The number of rotatable bonds is 8. The number of ether oxygens (including phenoxy) is 2. The molecule has 2 aliphatic rings. The van der Waals surface area contributed by atoms with Crippen LogP contribution < -0.4 is 9.62 Å². The van der Waals surface area contributed by atoms with E-state index in [0.29, 0.717) is 26.4 Å². The minimum absolute atomic E-state index is 0.177. The number of piperidine rings is 1. The third kappa shape index (κ3) is 6.67. The maximum Gasteiger partial charge on any atom is 0.422 e. The van der Waals surface area contributed by atoms with Gasteiger partial charge in [0.05, 0.1) is 5.39 Å². The number of nitrogens with zero attached hydrogens (tertiary/aromatic N) is 5. The summed E-state index contributed by atoms with van der Waals surface area (Å²) in [6, 6.07) is 3.14. The van der Waals surface area contributed by atoms with Crippen molar-refractivity contribution in [3.63, 3.8) is 0 Å². The van der Waals surface area contributed by atoms with Crippen LogP contribution >= 0.6 is 0 Å². The predicted octanol–water partition coefficient (Wildman–Crippen LogP) is 3.66. The zero-order valence-electron chi connectivity index (χ0n) is 23.7. The molecule has 0 spiro atoms. The van der Waals surface area contributed by atoms with Crippen LogP contribution in [0, 0.1) is 11.3 Å². The van der Waals surface area contributed by atoms with Crippen LogP contribution in [-0.4, -0.2) is 79.8 Å². The van der Waals surface area contributed by atoms with Gasteiger partial charge in [0.2, 0.25) is 0 Å². The van der Waals surface area contributed by atoms with Crippen LogP contribution in [0.1, 0.15) is 34.1 Å². The van der Waals surface area contributed by atoms with Crippen molar-refractivity contribution in [1.29, 1.82) is 0 Å². The maximum absolute atomic E-state index is 13.0. The van der Waals surface area contributed by atoms with Crippen molar-refractivity contribution in [1.82, 2.24) is 23.6 Å². The summed E-state index contributed by atoms with van der Waals surface area (Å²) in [7, 11) is -5.16. The number of anilines is 1. The summed E-state index contributed by atoms with van der Waals surface area (Å²) in [4.78, 5) is 23.5. The second-order valence-electron chi connectivity index (χ2n) is 13.0. The van der Waals surface area contributed by atoms with E-state index in [9.17, 15) is 13.2 Å². The summed E-state index contributed by atoms with van der Waals surface area (Å²) in [5, 5.41) is 0.956. The molecule has 2 aromatic heterocycles. The first-order chi connectivity index (χ1) is 17.6. The van der Waals surface area contributed by atoms with Gasteiger partial charge in [-0.15, -0.1) is 0 Å². The Morgan fingerprint density at radius 2 is 1.97 bits per heavy atom. The molecule has 0 bridgehead atoms. The van der Waals surface area contributed by atoms with Gasteiger partial charge in [-0.3, -0.25) is 0 Å². The van der Waals surface area contributed by atoms with Crippen molar-refractivity contribution < 1.29 is 22.7 Å². The quantitative estimate of drug-likeness (QED) is 0.380. The molecule has 38 heavy (non-hydrogen) atoms. The van der Waals surface area contributed by atoms with E-state index in [1.165, 1.54) is 4.31 Å². The fourth-order valence-corrected chi connectivity index (χ4v) is 7.21. The maximum atomic E-state index is 13.0. The third-order valence-electron chi connectivity index (χ3n) is 7.26. The minimum Gasteiger partial charge on any atom is -0.443 e. The van der Waals surface area contributed by atoms with Gasteiger partial charge >= 0.3 is 16.3 Å². The molecule has 212 valence electrons. The third-order valence-corrected chi connectivity index (χ3v) is 10.3. The highest BCUT2D eigenvalue weighted by Gasteiger charge is 2.50. The van der Waals surface area contributed by atoms with Crippen LogP contribution in [-0.2, 0) is 26.4 Å². The number of carbonyl (C=O) groups is 1. The van der Waals surface area contributed by atoms with Crippen LogP contribution in [0.15, 0.2) is 18.6 Å². The zero-order valence-corrected chi connectivity index (χ0v) is 25.5. The van der Waals surface area contributed by atoms with Gasteiger partial charge in [0.1, 0.15) is 30.1 Å². The van der Waals surface area contributed by atoms with E-state index in [1.807, 2.05) is 16.8 Å². The van der Waals surface area contributed by atoms with Gasteiger partial charge in [0.15, 0.2) is 0 Å². The van der Waals surface area contributed by atoms with Gasteiger partial charge in [-0.1, -0.05) is 26.6 Å². The standard InChI is InChI=1S/C25H42N6O5SSi/c1-24(2,3)36-23(32)28-37(33,34)31-14-19-8-10-29(15-25(19,4)16-31)21-20-9-11-30(22(20)27-17-26-21)18-35-12-13-38(5,6)7/h9,11,17,19H,8,10,12-16,18H2,1-7H3,(H,28,32). The molecule has 0 aliphatic carbocycles. The SMILES string of the molecule is CC(C)(C)OC(=O)NS(=O)(=O)N1CC2CCN(c3ncnc4c3ccn4COCC[Si](C)(C)C)CC2(C)C1. The van der Waals surface area contributed by atoms with Gasteiger partial charge in [0, 0.05) is 52.5 Å². The lowest BCUT2D eigenvalue weighted by Gasteiger charge is -2.42. The first-order valence-electron chi connectivity index (χ1n) is 13.2. The zero-order chi connectivity index (χ0) is 27.9. The van der Waals surface area contributed by atoms with E-state index in [1.54, 1.807) is 27.1 Å².